The maximum Gasteiger partial charge on any atom is 0.102 e. The van der Waals surface area contributed by atoms with Gasteiger partial charge in [0.25, 0.3) is 0 Å². The van der Waals surface area contributed by atoms with E-state index in [1.807, 2.05) is 0 Å². The van der Waals surface area contributed by atoms with E-state index in [2.05, 4.69) is 5.32 Å². The average Bonchev–Trinajstić information content (AvgIpc) is 2.85. The molecule has 2 aliphatic carbocycles. The van der Waals surface area contributed by atoms with Crippen molar-refractivity contribution in [1.29, 1.82) is 0 Å². The van der Waals surface area contributed by atoms with Crippen molar-refractivity contribution < 1.29 is 4.39 Å². The van der Waals surface area contributed by atoms with Crippen molar-refractivity contribution in [3.05, 3.63) is 0 Å². The summed E-state index contributed by atoms with van der Waals surface area (Å²) in [6.45, 7) is 0.355. The van der Waals surface area contributed by atoms with Crippen molar-refractivity contribution in [2.75, 3.05) is 13.2 Å². The van der Waals surface area contributed by atoms with E-state index in [9.17, 15) is 4.39 Å². The minimum Gasteiger partial charge on any atom is -0.311 e. The third kappa shape index (κ3) is 1.92. The molecular weight excluding hydrogens is 141 g/mol. The van der Waals surface area contributed by atoms with Gasteiger partial charge in [-0.15, -0.1) is 0 Å². The number of hydrogen-bond donors (Lipinski definition) is 1. The van der Waals surface area contributed by atoms with Crippen molar-refractivity contribution in [1.82, 2.24) is 5.32 Å². The summed E-state index contributed by atoms with van der Waals surface area (Å²) in [4.78, 5) is 0. The number of halogens is 1. The van der Waals surface area contributed by atoms with Gasteiger partial charge >= 0.3 is 0 Å². The molecule has 2 aliphatic rings. The lowest BCUT2D eigenvalue weighted by atomic mass is 10.1. The largest absolute Gasteiger partial charge is 0.311 e. The molecule has 0 saturated heterocycles. The summed E-state index contributed by atoms with van der Waals surface area (Å²) in [5, 5.41) is 3.32. The van der Waals surface area contributed by atoms with Gasteiger partial charge in [0, 0.05) is 12.6 Å². The Bertz CT molecular complexity index is 118. The standard InChI is InChI=1S/C9H16FN/c10-5-6-11-9(7-1-2-7)8-3-4-8/h7-9,11H,1-6H2. The van der Waals surface area contributed by atoms with Gasteiger partial charge in [0.1, 0.15) is 6.67 Å². The van der Waals surface area contributed by atoms with Crippen molar-refractivity contribution in [3.63, 3.8) is 0 Å². The summed E-state index contributed by atoms with van der Waals surface area (Å²) >= 11 is 0. The molecule has 0 spiro atoms. The first-order valence-electron chi connectivity index (χ1n) is 4.71. The molecule has 11 heavy (non-hydrogen) atoms. The molecule has 2 saturated carbocycles. The van der Waals surface area contributed by atoms with E-state index < -0.39 is 0 Å². The third-order valence-electron chi connectivity index (χ3n) is 2.73. The molecule has 0 aromatic carbocycles. The minimum atomic E-state index is -0.212. The fourth-order valence-electron chi connectivity index (χ4n) is 1.85. The summed E-state index contributed by atoms with van der Waals surface area (Å²) in [7, 11) is 0. The molecule has 0 aromatic rings. The highest BCUT2D eigenvalue weighted by Crippen LogP contribution is 2.44. The quantitative estimate of drug-likeness (QED) is 0.641. The molecule has 0 atom stereocenters. The molecule has 0 heterocycles. The molecule has 2 heteroatoms. The van der Waals surface area contributed by atoms with Crippen LogP contribution in [-0.4, -0.2) is 19.3 Å². The highest BCUT2D eigenvalue weighted by molar-refractivity contribution is 4.96. The summed E-state index contributed by atoms with van der Waals surface area (Å²) in [5.41, 5.74) is 0. The summed E-state index contributed by atoms with van der Waals surface area (Å²) < 4.78 is 11.9. The van der Waals surface area contributed by atoms with Crippen LogP contribution in [0.15, 0.2) is 0 Å². The molecule has 0 unspecified atom stereocenters. The predicted molar refractivity (Wildman–Crippen MR) is 43.2 cm³/mol. The van der Waals surface area contributed by atoms with E-state index in [0.717, 1.165) is 11.8 Å². The SMILES string of the molecule is FCCNC(C1CC1)C1CC1. The van der Waals surface area contributed by atoms with E-state index >= 15 is 0 Å². The second-order valence-electron chi connectivity index (χ2n) is 3.84. The second-order valence-corrected chi connectivity index (χ2v) is 3.84. The van der Waals surface area contributed by atoms with Crippen molar-refractivity contribution in [3.8, 4) is 0 Å². The molecular formula is C9H16FN. The first-order chi connectivity index (χ1) is 5.42. The number of hydrogen-bond acceptors (Lipinski definition) is 1. The van der Waals surface area contributed by atoms with Crippen LogP contribution in [0, 0.1) is 11.8 Å². The van der Waals surface area contributed by atoms with Gasteiger partial charge in [-0.1, -0.05) is 0 Å². The molecule has 0 amide bonds. The van der Waals surface area contributed by atoms with Crippen LogP contribution in [0.1, 0.15) is 25.7 Å². The lowest BCUT2D eigenvalue weighted by Gasteiger charge is -2.15. The summed E-state index contributed by atoms with van der Waals surface area (Å²) in [6, 6.07) is 0.672. The fourth-order valence-corrected chi connectivity index (χ4v) is 1.85. The molecule has 0 aromatic heterocycles. The van der Waals surface area contributed by atoms with E-state index in [1.165, 1.54) is 25.7 Å². The Hall–Kier alpha value is -0.110. The lowest BCUT2D eigenvalue weighted by Crippen LogP contribution is -2.34. The smallest absolute Gasteiger partial charge is 0.102 e. The fraction of sp³-hybridized carbons (Fsp3) is 1.00. The Morgan fingerprint density at radius 3 is 2.09 bits per heavy atom. The van der Waals surface area contributed by atoms with Gasteiger partial charge in [-0.05, 0) is 37.5 Å². The zero-order chi connectivity index (χ0) is 7.68. The van der Waals surface area contributed by atoms with E-state index in [4.69, 9.17) is 0 Å². The molecule has 2 fully saturated rings. The van der Waals surface area contributed by atoms with Crippen LogP contribution in [0.5, 0.6) is 0 Å². The van der Waals surface area contributed by atoms with Gasteiger partial charge in [0.2, 0.25) is 0 Å². The lowest BCUT2D eigenvalue weighted by molar-refractivity contribution is 0.380. The Balaban J connectivity index is 1.73. The topological polar surface area (TPSA) is 12.0 Å². The Labute approximate surface area is 67.4 Å². The highest BCUT2D eigenvalue weighted by atomic mass is 19.1. The second kappa shape index (κ2) is 3.10. The molecule has 0 radical (unpaired) electrons. The van der Waals surface area contributed by atoms with Crippen LogP contribution in [0.4, 0.5) is 4.39 Å². The average molecular weight is 157 g/mol. The van der Waals surface area contributed by atoms with E-state index in [-0.39, 0.29) is 6.67 Å². The Kier molecular flexibility index (Phi) is 2.12. The monoisotopic (exact) mass is 157 g/mol. The first-order valence-corrected chi connectivity index (χ1v) is 4.71. The van der Waals surface area contributed by atoms with Crippen LogP contribution in [0.25, 0.3) is 0 Å². The van der Waals surface area contributed by atoms with Gasteiger partial charge in [-0.2, -0.15) is 0 Å². The molecule has 0 bridgehead atoms. The zero-order valence-electron chi connectivity index (χ0n) is 6.85. The molecule has 64 valence electrons. The molecule has 2 rings (SSSR count). The van der Waals surface area contributed by atoms with Crippen molar-refractivity contribution in [2.24, 2.45) is 11.8 Å². The van der Waals surface area contributed by atoms with Gasteiger partial charge in [0.15, 0.2) is 0 Å². The Morgan fingerprint density at radius 1 is 1.18 bits per heavy atom. The third-order valence-corrected chi connectivity index (χ3v) is 2.73. The number of alkyl halides is 1. The van der Waals surface area contributed by atoms with Crippen LogP contribution >= 0.6 is 0 Å². The van der Waals surface area contributed by atoms with Crippen molar-refractivity contribution >= 4 is 0 Å². The van der Waals surface area contributed by atoms with Crippen LogP contribution < -0.4 is 5.32 Å². The maximum atomic E-state index is 11.9. The van der Waals surface area contributed by atoms with Crippen LogP contribution in [0.3, 0.4) is 0 Å². The molecule has 1 nitrogen and oxygen atoms in total. The normalized spacial score (nSPS) is 24.5. The summed E-state index contributed by atoms with van der Waals surface area (Å²) in [5.74, 6) is 1.79. The zero-order valence-corrected chi connectivity index (χ0v) is 6.85. The Morgan fingerprint density at radius 2 is 1.73 bits per heavy atom. The van der Waals surface area contributed by atoms with E-state index in [0.29, 0.717) is 12.6 Å². The number of nitrogens with one attached hydrogen (secondary N) is 1. The van der Waals surface area contributed by atoms with Crippen LogP contribution in [-0.2, 0) is 0 Å². The predicted octanol–water partition coefficient (Wildman–Crippen LogP) is 1.73. The molecule has 0 aliphatic heterocycles. The summed E-state index contributed by atoms with van der Waals surface area (Å²) in [6.07, 6.45) is 5.50. The minimum absolute atomic E-state index is 0.212. The van der Waals surface area contributed by atoms with Crippen molar-refractivity contribution in [2.45, 2.75) is 31.7 Å². The first kappa shape index (κ1) is 7.53. The van der Waals surface area contributed by atoms with Gasteiger partial charge in [-0.25, -0.2) is 4.39 Å². The highest BCUT2D eigenvalue weighted by Gasteiger charge is 2.40. The van der Waals surface area contributed by atoms with E-state index in [1.54, 1.807) is 0 Å². The van der Waals surface area contributed by atoms with Crippen LogP contribution in [0.2, 0.25) is 0 Å². The number of rotatable bonds is 5. The molecule has 1 N–H and O–H groups in total. The van der Waals surface area contributed by atoms with Gasteiger partial charge in [0.05, 0.1) is 0 Å². The van der Waals surface area contributed by atoms with Gasteiger partial charge < -0.3 is 5.32 Å². The van der Waals surface area contributed by atoms with Gasteiger partial charge in [-0.3, -0.25) is 0 Å². The maximum absolute atomic E-state index is 11.9.